The third-order valence-corrected chi connectivity index (χ3v) is 2.51. The van der Waals surface area contributed by atoms with Gasteiger partial charge in [0.2, 0.25) is 0 Å². The van der Waals surface area contributed by atoms with Crippen molar-refractivity contribution in [3.8, 4) is 0 Å². The van der Waals surface area contributed by atoms with E-state index in [4.69, 9.17) is 0 Å². The summed E-state index contributed by atoms with van der Waals surface area (Å²) in [6, 6.07) is 5.22. The van der Waals surface area contributed by atoms with Gasteiger partial charge >= 0.3 is 0 Å². The van der Waals surface area contributed by atoms with Gasteiger partial charge in [0.25, 0.3) is 0 Å². The molecule has 0 aliphatic carbocycles. The average molecular weight is 256 g/mol. The number of aliphatic hydroxyl groups excluding tert-OH is 1. The minimum absolute atomic E-state index is 0.0570. The Bertz CT molecular complexity index is 583. The normalized spacial score (nSPS) is 12.5. The molecule has 94 valence electrons. The van der Waals surface area contributed by atoms with Gasteiger partial charge in [-0.3, -0.25) is 0 Å². The van der Waals surface area contributed by atoms with Gasteiger partial charge in [0, 0.05) is 5.56 Å². The number of hydrogen-bond donors (Lipinski definition) is 1. The third kappa shape index (κ3) is 2.36. The van der Waals surface area contributed by atoms with Crippen molar-refractivity contribution >= 4 is 0 Å². The number of rotatable bonds is 2. The van der Waals surface area contributed by atoms with Gasteiger partial charge < -0.3 is 5.11 Å². The second-order valence-electron chi connectivity index (χ2n) is 3.74. The maximum atomic E-state index is 13.4. The van der Waals surface area contributed by atoms with Gasteiger partial charge in [-0.1, -0.05) is 6.07 Å². The van der Waals surface area contributed by atoms with E-state index in [0.717, 1.165) is 36.4 Å². The summed E-state index contributed by atoms with van der Waals surface area (Å²) >= 11 is 0. The standard InChI is InChI=1S/C13H8F4O/c14-8-2-4-10(15)9(6-8)13(18)7-1-3-11(16)12(17)5-7/h1-6,13,18H. The molecule has 0 amide bonds. The first-order valence-corrected chi connectivity index (χ1v) is 5.07. The van der Waals surface area contributed by atoms with Crippen molar-refractivity contribution in [1.82, 2.24) is 0 Å². The first-order chi connectivity index (χ1) is 8.49. The van der Waals surface area contributed by atoms with Crippen LogP contribution in [-0.2, 0) is 0 Å². The van der Waals surface area contributed by atoms with Crippen LogP contribution in [0.3, 0.4) is 0 Å². The van der Waals surface area contributed by atoms with E-state index in [9.17, 15) is 22.7 Å². The predicted octanol–water partition coefficient (Wildman–Crippen LogP) is 3.32. The first-order valence-electron chi connectivity index (χ1n) is 5.07. The highest BCUT2D eigenvalue weighted by Crippen LogP contribution is 2.26. The van der Waals surface area contributed by atoms with Crippen LogP contribution in [-0.4, -0.2) is 5.11 Å². The van der Waals surface area contributed by atoms with Gasteiger partial charge in [0.1, 0.15) is 17.7 Å². The molecule has 0 radical (unpaired) electrons. The number of aliphatic hydroxyl groups is 1. The fourth-order valence-electron chi connectivity index (χ4n) is 1.59. The Balaban J connectivity index is 2.44. The molecule has 0 aromatic heterocycles. The topological polar surface area (TPSA) is 20.2 Å². The zero-order valence-corrected chi connectivity index (χ0v) is 9.00. The van der Waals surface area contributed by atoms with Gasteiger partial charge in [-0.05, 0) is 35.9 Å². The van der Waals surface area contributed by atoms with Gasteiger partial charge in [-0.25, -0.2) is 17.6 Å². The fraction of sp³-hybridized carbons (Fsp3) is 0.0769. The molecule has 2 rings (SSSR count). The van der Waals surface area contributed by atoms with E-state index in [-0.39, 0.29) is 11.1 Å². The lowest BCUT2D eigenvalue weighted by Crippen LogP contribution is -2.04. The summed E-state index contributed by atoms with van der Waals surface area (Å²) in [5, 5.41) is 9.82. The Morgan fingerprint density at radius 3 is 2.11 bits per heavy atom. The van der Waals surface area contributed by atoms with Crippen molar-refractivity contribution in [1.29, 1.82) is 0 Å². The minimum Gasteiger partial charge on any atom is -0.384 e. The maximum Gasteiger partial charge on any atom is 0.159 e. The SMILES string of the molecule is OC(c1ccc(F)c(F)c1)c1cc(F)ccc1F. The Morgan fingerprint density at radius 1 is 0.778 bits per heavy atom. The molecular formula is C13H8F4O. The summed E-state index contributed by atoms with van der Waals surface area (Å²) in [7, 11) is 0. The van der Waals surface area contributed by atoms with Crippen LogP contribution in [0.25, 0.3) is 0 Å². The largest absolute Gasteiger partial charge is 0.384 e. The molecule has 0 saturated heterocycles. The molecule has 0 fully saturated rings. The summed E-state index contributed by atoms with van der Waals surface area (Å²) < 4.78 is 52.0. The Kier molecular flexibility index (Phi) is 3.34. The second kappa shape index (κ2) is 4.78. The summed E-state index contributed by atoms with van der Waals surface area (Å²) in [6.45, 7) is 0. The molecule has 2 aromatic rings. The van der Waals surface area contributed by atoms with Crippen molar-refractivity contribution in [2.45, 2.75) is 6.10 Å². The molecule has 1 atom stereocenters. The van der Waals surface area contributed by atoms with Crippen molar-refractivity contribution in [3.05, 3.63) is 70.8 Å². The number of benzene rings is 2. The highest BCUT2D eigenvalue weighted by Gasteiger charge is 2.17. The molecule has 1 N–H and O–H groups in total. The summed E-state index contributed by atoms with van der Waals surface area (Å²) in [6.07, 6.45) is -1.56. The molecule has 0 aliphatic heterocycles. The van der Waals surface area contributed by atoms with Crippen molar-refractivity contribution in [2.24, 2.45) is 0 Å². The van der Waals surface area contributed by atoms with E-state index in [2.05, 4.69) is 0 Å². The predicted molar refractivity (Wildman–Crippen MR) is 56.8 cm³/mol. The first kappa shape index (κ1) is 12.6. The van der Waals surface area contributed by atoms with Crippen LogP contribution in [0.1, 0.15) is 17.2 Å². The second-order valence-corrected chi connectivity index (χ2v) is 3.74. The van der Waals surface area contributed by atoms with E-state index in [0.29, 0.717) is 0 Å². The van der Waals surface area contributed by atoms with E-state index in [1.165, 1.54) is 0 Å². The number of hydrogen-bond acceptors (Lipinski definition) is 1. The Hall–Kier alpha value is -1.88. The molecule has 0 spiro atoms. The number of halogens is 4. The van der Waals surface area contributed by atoms with E-state index >= 15 is 0 Å². The fourth-order valence-corrected chi connectivity index (χ4v) is 1.59. The van der Waals surface area contributed by atoms with Crippen molar-refractivity contribution < 1.29 is 22.7 Å². The van der Waals surface area contributed by atoms with Crippen LogP contribution in [0, 0.1) is 23.3 Å². The minimum atomic E-state index is -1.56. The molecule has 0 heterocycles. The third-order valence-electron chi connectivity index (χ3n) is 2.51. The van der Waals surface area contributed by atoms with Crippen LogP contribution in [0.4, 0.5) is 17.6 Å². The molecule has 0 bridgehead atoms. The summed E-state index contributed by atoms with van der Waals surface area (Å²) in [5.74, 6) is -3.80. The van der Waals surface area contributed by atoms with E-state index in [1.54, 1.807) is 0 Å². The summed E-state index contributed by atoms with van der Waals surface area (Å²) in [5.41, 5.74) is -0.389. The zero-order valence-electron chi connectivity index (χ0n) is 9.00. The molecular weight excluding hydrogens is 248 g/mol. The van der Waals surface area contributed by atoms with Crippen LogP contribution in [0.15, 0.2) is 36.4 Å². The van der Waals surface area contributed by atoms with Crippen molar-refractivity contribution in [3.63, 3.8) is 0 Å². The molecule has 18 heavy (non-hydrogen) atoms. The van der Waals surface area contributed by atoms with Crippen LogP contribution < -0.4 is 0 Å². The van der Waals surface area contributed by atoms with Crippen molar-refractivity contribution in [2.75, 3.05) is 0 Å². The van der Waals surface area contributed by atoms with E-state index < -0.39 is 29.4 Å². The zero-order chi connectivity index (χ0) is 13.3. The monoisotopic (exact) mass is 256 g/mol. The van der Waals surface area contributed by atoms with Crippen LogP contribution in [0.2, 0.25) is 0 Å². The molecule has 5 heteroatoms. The lowest BCUT2D eigenvalue weighted by atomic mass is 10.0. The Labute approximate surface area is 100 Å². The molecule has 0 saturated carbocycles. The van der Waals surface area contributed by atoms with E-state index in [1.807, 2.05) is 0 Å². The smallest absolute Gasteiger partial charge is 0.159 e. The molecule has 0 aliphatic rings. The highest BCUT2D eigenvalue weighted by atomic mass is 19.2. The van der Waals surface area contributed by atoms with Crippen LogP contribution >= 0.6 is 0 Å². The molecule has 1 unspecified atom stereocenters. The lowest BCUT2D eigenvalue weighted by Gasteiger charge is -2.12. The van der Waals surface area contributed by atoms with Crippen LogP contribution in [0.5, 0.6) is 0 Å². The average Bonchev–Trinajstić information content (AvgIpc) is 2.35. The highest BCUT2D eigenvalue weighted by molar-refractivity contribution is 5.31. The molecule has 2 aromatic carbocycles. The van der Waals surface area contributed by atoms with Gasteiger partial charge in [0.15, 0.2) is 11.6 Å². The maximum absolute atomic E-state index is 13.4. The summed E-state index contributed by atoms with van der Waals surface area (Å²) in [4.78, 5) is 0. The van der Waals surface area contributed by atoms with Gasteiger partial charge in [-0.15, -0.1) is 0 Å². The van der Waals surface area contributed by atoms with Gasteiger partial charge in [-0.2, -0.15) is 0 Å². The lowest BCUT2D eigenvalue weighted by molar-refractivity contribution is 0.213. The van der Waals surface area contributed by atoms with Gasteiger partial charge in [0.05, 0.1) is 0 Å². The molecule has 1 nitrogen and oxygen atoms in total. The Morgan fingerprint density at radius 2 is 1.44 bits per heavy atom. The quantitative estimate of drug-likeness (QED) is 0.817.